The molecule has 1 aliphatic rings. The van der Waals surface area contributed by atoms with Crippen molar-refractivity contribution >= 4 is 40.7 Å². The Labute approximate surface area is 226 Å². The van der Waals surface area contributed by atoms with E-state index in [2.05, 4.69) is 35.1 Å². The molecule has 3 aromatic heterocycles. The predicted molar refractivity (Wildman–Crippen MR) is 150 cm³/mol. The van der Waals surface area contributed by atoms with Crippen molar-refractivity contribution in [3.8, 4) is 11.1 Å². The average molecular weight is 533 g/mol. The van der Waals surface area contributed by atoms with Crippen LogP contribution in [-0.4, -0.2) is 78.8 Å². The Balaban J connectivity index is 1.20. The molecular weight excluding hydrogens is 500 g/mol. The zero-order chi connectivity index (χ0) is 26.7. The van der Waals surface area contributed by atoms with Gasteiger partial charge in [0.15, 0.2) is 5.16 Å². The van der Waals surface area contributed by atoms with Crippen LogP contribution in [0.5, 0.6) is 0 Å². The van der Waals surface area contributed by atoms with Crippen LogP contribution in [0.25, 0.3) is 22.2 Å². The van der Waals surface area contributed by atoms with Crippen LogP contribution in [0.3, 0.4) is 0 Å². The molecule has 38 heavy (non-hydrogen) atoms. The summed E-state index contributed by atoms with van der Waals surface area (Å²) in [6, 6.07) is 10.1. The minimum absolute atomic E-state index is 0.243. The molecular formula is C27H32N8O2S. The number of thioether (sulfide) groups is 1. The van der Waals surface area contributed by atoms with Crippen LogP contribution in [0, 0.1) is 0 Å². The van der Waals surface area contributed by atoms with Gasteiger partial charge in [-0.3, -0.25) is 4.90 Å². The molecule has 0 saturated carbocycles. The molecule has 0 bridgehead atoms. The summed E-state index contributed by atoms with van der Waals surface area (Å²) in [6.45, 7) is 9.34. The molecule has 1 amide bonds. The van der Waals surface area contributed by atoms with Gasteiger partial charge in [0.25, 0.3) is 0 Å². The molecule has 0 spiro atoms. The number of hydrogen-bond acceptors (Lipinski definition) is 9. The van der Waals surface area contributed by atoms with E-state index in [1.807, 2.05) is 69.8 Å². The van der Waals surface area contributed by atoms with Gasteiger partial charge in [0.1, 0.15) is 11.4 Å². The fourth-order valence-electron chi connectivity index (χ4n) is 4.25. The maximum Gasteiger partial charge on any atom is 0.410 e. The number of nitrogens with zero attached hydrogens (tertiary/aromatic N) is 6. The normalized spacial score (nSPS) is 14.6. The zero-order valence-electron chi connectivity index (χ0n) is 22.1. The van der Waals surface area contributed by atoms with E-state index in [1.54, 1.807) is 11.1 Å². The van der Waals surface area contributed by atoms with E-state index in [9.17, 15) is 4.79 Å². The molecule has 198 valence electrons. The summed E-state index contributed by atoms with van der Waals surface area (Å²) in [5, 5.41) is 4.05. The lowest BCUT2D eigenvalue weighted by molar-refractivity contribution is 0.0139. The van der Waals surface area contributed by atoms with Gasteiger partial charge < -0.3 is 19.9 Å². The largest absolute Gasteiger partial charge is 0.444 e. The molecule has 1 saturated heterocycles. The van der Waals surface area contributed by atoms with Crippen LogP contribution in [0.4, 0.5) is 16.6 Å². The Kier molecular flexibility index (Phi) is 7.48. The lowest BCUT2D eigenvalue weighted by Gasteiger charge is -2.35. The second-order valence-electron chi connectivity index (χ2n) is 10.2. The molecule has 4 heterocycles. The number of carbonyl (C=O) groups excluding carboxylic acids is 1. The number of pyridine rings is 1. The number of piperazine rings is 1. The van der Waals surface area contributed by atoms with Crippen molar-refractivity contribution in [3.63, 3.8) is 0 Å². The highest BCUT2D eigenvalue weighted by Crippen LogP contribution is 2.25. The molecule has 11 heteroatoms. The summed E-state index contributed by atoms with van der Waals surface area (Å²) in [4.78, 5) is 37.7. The minimum atomic E-state index is -0.480. The van der Waals surface area contributed by atoms with Gasteiger partial charge in [-0.2, -0.15) is 0 Å². The fraction of sp³-hybridized carbons (Fsp3) is 0.370. The first-order valence-electron chi connectivity index (χ1n) is 12.5. The monoisotopic (exact) mass is 532 g/mol. The van der Waals surface area contributed by atoms with Gasteiger partial charge >= 0.3 is 6.09 Å². The Morgan fingerprint density at radius 2 is 1.82 bits per heavy atom. The Hall–Kier alpha value is -3.70. The first-order chi connectivity index (χ1) is 18.3. The number of anilines is 2. The van der Waals surface area contributed by atoms with Gasteiger partial charge in [0.05, 0.1) is 11.0 Å². The zero-order valence-corrected chi connectivity index (χ0v) is 22.9. The molecule has 0 atom stereocenters. The van der Waals surface area contributed by atoms with E-state index in [1.165, 1.54) is 11.8 Å². The number of aromatic amines is 1. The molecule has 10 nitrogen and oxygen atoms in total. The van der Waals surface area contributed by atoms with E-state index in [4.69, 9.17) is 4.74 Å². The number of rotatable bonds is 6. The molecule has 0 radical (unpaired) electrons. The van der Waals surface area contributed by atoms with Crippen molar-refractivity contribution < 1.29 is 9.53 Å². The van der Waals surface area contributed by atoms with Crippen molar-refractivity contribution in [3.05, 3.63) is 54.5 Å². The smallest absolute Gasteiger partial charge is 0.410 e. The second kappa shape index (κ2) is 11.0. The highest BCUT2D eigenvalue weighted by molar-refractivity contribution is 7.98. The van der Waals surface area contributed by atoms with Crippen LogP contribution >= 0.6 is 11.8 Å². The fourth-order valence-corrected chi connectivity index (χ4v) is 4.57. The number of carbonyl (C=O) groups is 1. The number of aromatic nitrogens is 5. The van der Waals surface area contributed by atoms with E-state index in [-0.39, 0.29) is 6.09 Å². The quantitative estimate of drug-likeness (QED) is 0.264. The van der Waals surface area contributed by atoms with Gasteiger partial charge in [0.2, 0.25) is 5.95 Å². The number of ether oxygens (including phenoxy) is 1. The maximum absolute atomic E-state index is 12.3. The third-order valence-electron chi connectivity index (χ3n) is 6.13. The van der Waals surface area contributed by atoms with Crippen molar-refractivity contribution in [2.24, 2.45) is 0 Å². The van der Waals surface area contributed by atoms with Crippen molar-refractivity contribution in [1.82, 2.24) is 34.7 Å². The third-order valence-corrected chi connectivity index (χ3v) is 6.70. The Bertz CT molecular complexity index is 1410. The van der Waals surface area contributed by atoms with E-state index in [0.717, 1.165) is 58.3 Å². The number of imidazole rings is 1. The molecule has 1 fully saturated rings. The van der Waals surface area contributed by atoms with Crippen molar-refractivity contribution in [1.29, 1.82) is 0 Å². The summed E-state index contributed by atoms with van der Waals surface area (Å²) in [5.74, 6) is 1.34. The van der Waals surface area contributed by atoms with Crippen LogP contribution in [0.1, 0.15) is 26.3 Å². The van der Waals surface area contributed by atoms with E-state index in [0.29, 0.717) is 19.0 Å². The summed E-state index contributed by atoms with van der Waals surface area (Å²) in [5.41, 5.74) is 4.41. The molecule has 1 aliphatic heterocycles. The first kappa shape index (κ1) is 25.9. The van der Waals surface area contributed by atoms with Crippen molar-refractivity contribution in [2.75, 3.05) is 37.8 Å². The minimum Gasteiger partial charge on any atom is -0.444 e. The van der Waals surface area contributed by atoms with E-state index >= 15 is 0 Å². The van der Waals surface area contributed by atoms with Crippen molar-refractivity contribution in [2.45, 2.75) is 38.1 Å². The molecule has 2 N–H and O–H groups in total. The summed E-state index contributed by atoms with van der Waals surface area (Å²) in [6.07, 6.45) is 7.19. The Morgan fingerprint density at radius 3 is 2.53 bits per heavy atom. The molecule has 0 aliphatic carbocycles. The standard InChI is InChI=1S/C27H32N8O2S/c1-27(2,3)37-26(36)35-11-9-34(10-12-35)17-18-7-8-28-23(13-18)33-24-31-21-6-5-19(14-22(21)32-24)20-15-29-25(38-4)30-16-20/h5-8,13-16H,9-12,17H2,1-4H3,(H2,28,31,32,33). The molecule has 4 aromatic rings. The summed E-state index contributed by atoms with van der Waals surface area (Å²) < 4.78 is 5.50. The topological polar surface area (TPSA) is 112 Å². The predicted octanol–water partition coefficient (Wildman–Crippen LogP) is 4.93. The number of H-pyrrole nitrogens is 1. The molecule has 5 rings (SSSR count). The lowest BCUT2D eigenvalue weighted by atomic mass is 10.1. The highest BCUT2D eigenvalue weighted by atomic mass is 32.2. The third kappa shape index (κ3) is 6.40. The van der Waals surface area contributed by atoms with E-state index < -0.39 is 5.60 Å². The summed E-state index contributed by atoms with van der Waals surface area (Å²) >= 11 is 1.52. The number of fused-ring (bicyclic) bond motifs is 1. The van der Waals surface area contributed by atoms with Crippen LogP contribution < -0.4 is 5.32 Å². The van der Waals surface area contributed by atoms with Crippen LogP contribution in [0.15, 0.2) is 54.1 Å². The molecule has 1 aromatic carbocycles. The SMILES string of the molecule is CSc1ncc(-c2ccc3nc(Nc4cc(CN5CCN(C(=O)OC(C)(C)C)CC5)ccn4)[nH]c3c2)cn1. The number of hydrogen-bond donors (Lipinski definition) is 2. The lowest BCUT2D eigenvalue weighted by Crippen LogP contribution is -2.49. The number of amides is 1. The van der Waals surface area contributed by atoms with Crippen LogP contribution in [-0.2, 0) is 11.3 Å². The van der Waals surface area contributed by atoms with Gasteiger partial charge in [0, 0.05) is 56.9 Å². The number of benzene rings is 1. The molecule has 0 unspecified atom stereocenters. The van der Waals surface area contributed by atoms with Gasteiger partial charge in [-0.15, -0.1) is 0 Å². The second-order valence-corrected chi connectivity index (χ2v) is 11.0. The van der Waals surface area contributed by atoms with Gasteiger partial charge in [-0.1, -0.05) is 17.8 Å². The number of nitrogens with one attached hydrogen (secondary N) is 2. The van der Waals surface area contributed by atoms with Gasteiger partial charge in [-0.25, -0.2) is 24.7 Å². The maximum atomic E-state index is 12.3. The average Bonchev–Trinajstić information content (AvgIpc) is 3.30. The first-order valence-corrected chi connectivity index (χ1v) is 13.8. The van der Waals surface area contributed by atoms with Crippen LogP contribution in [0.2, 0.25) is 0 Å². The summed E-state index contributed by atoms with van der Waals surface area (Å²) in [7, 11) is 0. The highest BCUT2D eigenvalue weighted by Gasteiger charge is 2.25. The van der Waals surface area contributed by atoms with Gasteiger partial charge in [-0.05, 0) is 62.4 Å². The Morgan fingerprint density at radius 1 is 1.05 bits per heavy atom.